The summed E-state index contributed by atoms with van der Waals surface area (Å²) < 4.78 is 0. The largest absolute Gasteiger partial charge is 0.311 e. The van der Waals surface area contributed by atoms with Gasteiger partial charge in [-0.2, -0.15) is 0 Å². The molecule has 1 aromatic carbocycles. The fourth-order valence-corrected chi connectivity index (χ4v) is 3.02. The molecule has 0 radical (unpaired) electrons. The van der Waals surface area contributed by atoms with Crippen LogP contribution in [0.3, 0.4) is 0 Å². The van der Waals surface area contributed by atoms with E-state index < -0.39 is 0 Å². The molecule has 0 bridgehead atoms. The zero-order chi connectivity index (χ0) is 12.3. The maximum Gasteiger partial charge on any atom is 0.0440 e. The van der Waals surface area contributed by atoms with E-state index in [0.29, 0.717) is 18.0 Å². The molecule has 1 aliphatic carbocycles. The van der Waals surface area contributed by atoms with Crippen molar-refractivity contribution in [1.29, 1.82) is 0 Å². The normalized spacial score (nSPS) is 25.4. The molecule has 0 amide bonds. The summed E-state index contributed by atoms with van der Waals surface area (Å²) in [5.74, 6) is 0.662. The first-order valence-corrected chi connectivity index (χ1v) is 7.09. The second kappa shape index (κ2) is 5.88. The topological polar surface area (TPSA) is 12.0 Å². The molecule has 17 heavy (non-hydrogen) atoms. The molecule has 1 saturated carbocycles. The maximum atomic E-state index is 6.21. The van der Waals surface area contributed by atoms with E-state index in [1.54, 1.807) is 0 Å². The van der Waals surface area contributed by atoms with Crippen molar-refractivity contribution in [2.24, 2.45) is 0 Å². The van der Waals surface area contributed by atoms with Crippen LogP contribution in [0.2, 0.25) is 5.02 Å². The Morgan fingerprint density at radius 3 is 2.71 bits per heavy atom. The van der Waals surface area contributed by atoms with Crippen LogP contribution in [0.4, 0.5) is 0 Å². The monoisotopic (exact) mass is 251 g/mol. The lowest BCUT2D eigenvalue weighted by atomic mass is 9.75. The Balaban J connectivity index is 1.81. The molecule has 1 aliphatic rings. The van der Waals surface area contributed by atoms with Crippen LogP contribution in [0.25, 0.3) is 0 Å². The number of benzene rings is 1. The van der Waals surface area contributed by atoms with Gasteiger partial charge in [0.2, 0.25) is 0 Å². The van der Waals surface area contributed by atoms with Gasteiger partial charge in [0.1, 0.15) is 0 Å². The summed E-state index contributed by atoms with van der Waals surface area (Å²) in [5.41, 5.74) is 1.33. The first kappa shape index (κ1) is 12.9. The standard InChI is InChI=1S/C15H22ClN/c1-3-6-11(2)17-13-9-12(10-13)14-7-4-5-8-15(14)16/h4-5,7-8,11-13,17H,3,6,9-10H2,1-2H3. The van der Waals surface area contributed by atoms with Gasteiger partial charge in [-0.3, -0.25) is 0 Å². The van der Waals surface area contributed by atoms with Crippen LogP contribution >= 0.6 is 11.6 Å². The minimum Gasteiger partial charge on any atom is -0.311 e. The van der Waals surface area contributed by atoms with Gasteiger partial charge < -0.3 is 5.32 Å². The molecule has 0 spiro atoms. The minimum absolute atomic E-state index is 0.650. The summed E-state index contributed by atoms with van der Waals surface area (Å²) in [6, 6.07) is 9.59. The molecule has 1 nitrogen and oxygen atoms in total. The van der Waals surface area contributed by atoms with Crippen LogP contribution in [-0.4, -0.2) is 12.1 Å². The third-order valence-corrected chi connectivity index (χ3v) is 4.07. The quantitative estimate of drug-likeness (QED) is 0.820. The van der Waals surface area contributed by atoms with Crippen LogP contribution in [0.15, 0.2) is 24.3 Å². The second-order valence-corrected chi connectivity index (χ2v) is 5.65. The molecule has 1 atom stereocenters. The highest BCUT2D eigenvalue weighted by atomic mass is 35.5. The molecule has 0 saturated heterocycles. The summed E-state index contributed by atoms with van der Waals surface area (Å²) in [4.78, 5) is 0. The van der Waals surface area contributed by atoms with Crippen molar-refractivity contribution in [3.63, 3.8) is 0 Å². The van der Waals surface area contributed by atoms with E-state index in [0.717, 1.165) is 5.02 Å². The lowest BCUT2D eigenvalue weighted by Crippen LogP contribution is -2.44. The molecule has 0 heterocycles. The maximum absolute atomic E-state index is 6.21. The lowest BCUT2D eigenvalue weighted by Gasteiger charge is -2.38. The van der Waals surface area contributed by atoms with E-state index in [1.165, 1.54) is 31.2 Å². The molecule has 1 aromatic rings. The Labute approximate surface area is 110 Å². The van der Waals surface area contributed by atoms with E-state index in [-0.39, 0.29) is 0 Å². The van der Waals surface area contributed by atoms with Gasteiger partial charge in [-0.1, -0.05) is 43.1 Å². The minimum atomic E-state index is 0.650. The van der Waals surface area contributed by atoms with Crippen LogP contribution < -0.4 is 5.32 Å². The molecule has 1 fully saturated rings. The van der Waals surface area contributed by atoms with Gasteiger partial charge in [-0.15, -0.1) is 0 Å². The van der Waals surface area contributed by atoms with Crippen LogP contribution in [0.1, 0.15) is 51.0 Å². The van der Waals surface area contributed by atoms with E-state index >= 15 is 0 Å². The Morgan fingerprint density at radius 2 is 2.06 bits per heavy atom. The SMILES string of the molecule is CCCC(C)NC1CC(c2ccccc2Cl)C1. The van der Waals surface area contributed by atoms with Gasteiger partial charge >= 0.3 is 0 Å². The van der Waals surface area contributed by atoms with Crippen molar-refractivity contribution < 1.29 is 0 Å². The third-order valence-electron chi connectivity index (χ3n) is 3.73. The average Bonchev–Trinajstić information content (AvgIpc) is 2.25. The van der Waals surface area contributed by atoms with Crippen LogP contribution in [-0.2, 0) is 0 Å². The molecule has 2 rings (SSSR count). The number of nitrogens with one attached hydrogen (secondary N) is 1. The molecule has 0 aromatic heterocycles. The lowest BCUT2D eigenvalue weighted by molar-refractivity contribution is 0.265. The molecular weight excluding hydrogens is 230 g/mol. The Kier molecular flexibility index (Phi) is 4.47. The van der Waals surface area contributed by atoms with E-state index in [4.69, 9.17) is 11.6 Å². The number of hydrogen-bond acceptors (Lipinski definition) is 1. The van der Waals surface area contributed by atoms with Crippen molar-refractivity contribution >= 4 is 11.6 Å². The van der Waals surface area contributed by atoms with Gasteiger partial charge in [0.15, 0.2) is 0 Å². The summed E-state index contributed by atoms with van der Waals surface area (Å²) >= 11 is 6.21. The first-order valence-electron chi connectivity index (χ1n) is 6.71. The zero-order valence-corrected chi connectivity index (χ0v) is 11.5. The Morgan fingerprint density at radius 1 is 1.35 bits per heavy atom. The van der Waals surface area contributed by atoms with Crippen molar-refractivity contribution in [2.45, 2.75) is 57.5 Å². The Hall–Kier alpha value is -0.530. The number of rotatable bonds is 5. The number of hydrogen-bond donors (Lipinski definition) is 1. The van der Waals surface area contributed by atoms with Gasteiger partial charge in [0, 0.05) is 17.1 Å². The van der Waals surface area contributed by atoms with Crippen LogP contribution in [0, 0.1) is 0 Å². The van der Waals surface area contributed by atoms with Gasteiger partial charge in [-0.05, 0) is 43.7 Å². The van der Waals surface area contributed by atoms with Crippen molar-refractivity contribution in [2.75, 3.05) is 0 Å². The summed E-state index contributed by atoms with van der Waals surface area (Å²) in [6.07, 6.45) is 5.00. The van der Waals surface area contributed by atoms with Gasteiger partial charge in [0.25, 0.3) is 0 Å². The highest BCUT2D eigenvalue weighted by Gasteiger charge is 2.31. The summed E-state index contributed by atoms with van der Waals surface area (Å²) in [6.45, 7) is 4.53. The van der Waals surface area contributed by atoms with Crippen molar-refractivity contribution in [1.82, 2.24) is 5.32 Å². The van der Waals surface area contributed by atoms with Crippen molar-refractivity contribution in [3.05, 3.63) is 34.9 Å². The fourth-order valence-electron chi connectivity index (χ4n) is 2.73. The fraction of sp³-hybridized carbons (Fsp3) is 0.600. The smallest absolute Gasteiger partial charge is 0.0440 e. The number of halogens is 1. The molecule has 1 N–H and O–H groups in total. The predicted molar refractivity (Wildman–Crippen MR) is 74.7 cm³/mol. The molecule has 0 aliphatic heterocycles. The third kappa shape index (κ3) is 3.23. The molecular formula is C15H22ClN. The van der Waals surface area contributed by atoms with E-state index in [2.05, 4.69) is 31.3 Å². The van der Waals surface area contributed by atoms with E-state index in [9.17, 15) is 0 Å². The predicted octanol–water partition coefficient (Wildman–Crippen LogP) is 4.36. The molecule has 1 unspecified atom stereocenters. The summed E-state index contributed by atoms with van der Waals surface area (Å²) in [5, 5.41) is 4.62. The van der Waals surface area contributed by atoms with Gasteiger partial charge in [0.05, 0.1) is 0 Å². The van der Waals surface area contributed by atoms with E-state index in [1.807, 2.05) is 12.1 Å². The second-order valence-electron chi connectivity index (χ2n) is 5.24. The van der Waals surface area contributed by atoms with Crippen molar-refractivity contribution in [3.8, 4) is 0 Å². The first-order chi connectivity index (χ1) is 8.20. The molecule has 2 heteroatoms. The zero-order valence-electron chi connectivity index (χ0n) is 10.7. The van der Waals surface area contributed by atoms with Crippen LogP contribution in [0.5, 0.6) is 0 Å². The average molecular weight is 252 g/mol. The molecule has 94 valence electrons. The Bertz CT molecular complexity index is 358. The highest BCUT2D eigenvalue weighted by Crippen LogP contribution is 2.40. The highest BCUT2D eigenvalue weighted by molar-refractivity contribution is 6.31. The summed E-state index contributed by atoms with van der Waals surface area (Å²) in [7, 11) is 0. The van der Waals surface area contributed by atoms with Gasteiger partial charge in [-0.25, -0.2) is 0 Å².